The molecule has 8 heteroatoms. The van der Waals surface area contributed by atoms with Crippen LogP contribution in [0.25, 0.3) is 10.2 Å². The Balaban J connectivity index is 1.60. The van der Waals surface area contributed by atoms with Crippen molar-refractivity contribution in [3.63, 3.8) is 0 Å². The molecule has 1 amide bonds. The Hall–Kier alpha value is -3.02. The van der Waals surface area contributed by atoms with Crippen LogP contribution in [0.15, 0.2) is 30.3 Å². The van der Waals surface area contributed by atoms with E-state index >= 15 is 0 Å². The Morgan fingerprint density at radius 1 is 1.25 bits per heavy atom. The monoisotopic (exact) mass is 398 g/mol. The van der Waals surface area contributed by atoms with E-state index in [1.165, 1.54) is 23.5 Å². The van der Waals surface area contributed by atoms with Gasteiger partial charge in [0.1, 0.15) is 17.2 Å². The van der Waals surface area contributed by atoms with Crippen LogP contribution in [0.5, 0.6) is 0 Å². The van der Waals surface area contributed by atoms with E-state index in [2.05, 4.69) is 21.5 Å². The van der Waals surface area contributed by atoms with Crippen molar-refractivity contribution in [2.45, 2.75) is 0 Å². The van der Waals surface area contributed by atoms with Gasteiger partial charge in [-0.1, -0.05) is 23.3 Å². The Bertz CT molecular complexity index is 1080. The summed E-state index contributed by atoms with van der Waals surface area (Å²) in [5, 5.41) is 5.88. The van der Waals surface area contributed by atoms with Crippen molar-refractivity contribution < 1.29 is 13.6 Å². The van der Waals surface area contributed by atoms with Crippen LogP contribution in [0.1, 0.15) is 15.9 Å². The molecule has 1 aliphatic heterocycles. The summed E-state index contributed by atoms with van der Waals surface area (Å²) >= 11 is 1.19. The van der Waals surface area contributed by atoms with Crippen LogP contribution in [0, 0.1) is 24.0 Å². The van der Waals surface area contributed by atoms with Crippen molar-refractivity contribution in [2.24, 2.45) is 0 Å². The lowest BCUT2D eigenvalue weighted by Crippen LogP contribution is -2.43. The van der Waals surface area contributed by atoms with E-state index in [9.17, 15) is 13.6 Å². The molecule has 0 bridgehead atoms. The standard InChI is InChI=1S/C20H16F2N4OS/c1-2-12-4-3-5-16-18(12)24-20(28-16)25-19(27)17-14(21)10-13(11-15(17)22)26-8-6-23-7-9-26/h1,3-5,10-11,23H,6-9H2,(H,24,25,27). The van der Waals surface area contributed by atoms with Gasteiger partial charge in [-0.2, -0.15) is 0 Å². The van der Waals surface area contributed by atoms with Crippen LogP contribution in [0.2, 0.25) is 0 Å². The topological polar surface area (TPSA) is 57.3 Å². The van der Waals surface area contributed by atoms with E-state index in [0.29, 0.717) is 29.9 Å². The maximum absolute atomic E-state index is 14.6. The number of carbonyl (C=O) groups is 1. The van der Waals surface area contributed by atoms with E-state index in [1.54, 1.807) is 12.1 Å². The molecule has 0 saturated carbocycles. The minimum absolute atomic E-state index is 0.229. The lowest BCUT2D eigenvalue weighted by molar-refractivity contribution is 0.101. The highest BCUT2D eigenvalue weighted by molar-refractivity contribution is 7.22. The first kappa shape index (κ1) is 18.3. The predicted molar refractivity (Wildman–Crippen MR) is 107 cm³/mol. The van der Waals surface area contributed by atoms with Gasteiger partial charge in [0.05, 0.1) is 15.8 Å². The number of fused-ring (bicyclic) bond motifs is 1. The molecule has 0 unspecified atom stereocenters. The summed E-state index contributed by atoms with van der Waals surface area (Å²) in [6.07, 6.45) is 5.45. The molecular weight excluding hydrogens is 382 g/mol. The molecule has 28 heavy (non-hydrogen) atoms. The Kier molecular flexibility index (Phi) is 4.94. The third-order valence-electron chi connectivity index (χ3n) is 4.53. The van der Waals surface area contributed by atoms with Gasteiger partial charge < -0.3 is 10.2 Å². The van der Waals surface area contributed by atoms with Crippen LogP contribution >= 0.6 is 11.3 Å². The SMILES string of the molecule is C#Cc1cccc2sc(NC(=O)c3c(F)cc(N4CCNCC4)cc3F)nc12. The molecule has 0 radical (unpaired) electrons. The minimum atomic E-state index is -0.906. The molecular formula is C20H16F2N4OS. The quantitative estimate of drug-likeness (QED) is 0.666. The molecule has 1 aromatic heterocycles. The molecule has 2 aromatic carbocycles. The maximum Gasteiger partial charge on any atom is 0.263 e. The van der Waals surface area contributed by atoms with Crippen molar-refractivity contribution in [2.75, 3.05) is 36.4 Å². The summed E-state index contributed by atoms with van der Waals surface area (Å²) in [6, 6.07) is 7.72. The van der Waals surface area contributed by atoms with Crippen molar-refractivity contribution in [3.8, 4) is 12.3 Å². The second-order valence-electron chi connectivity index (χ2n) is 6.29. The van der Waals surface area contributed by atoms with Crippen molar-refractivity contribution in [1.82, 2.24) is 10.3 Å². The average Bonchev–Trinajstić information content (AvgIpc) is 3.10. The summed E-state index contributed by atoms with van der Waals surface area (Å²) in [7, 11) is 0. The number of piperazine rings is 1. The molecule has 2 heterocycles. The third kappa shape index (κ3) is 3.42. The maximum atomic E-state index is 14.6. The van der Waals surface area contributed by atoms with Gasteiger partial charge >= 0.3 is 0 Å². The number of aromatic nitrogens is 1. The molecule has 2 N–H and O–H groups in total. The summed E-state index contributed by atoms with van der Waals surface area (Å²) in [6.45, 7) is 2.77. The number of hydrogen-bond donors (Lipinski definition) is 2. The van der Waals surface area contributed by atoms with Crippen molar-refractivity contribution in [1.29, 1.82) is 0 Å². The molecule has 142 valence electrons. The molecule has 0 atom stereocenters. The van der Waals surface area contributed by atoms with Crippen LogP contribution < -0.4 is 15.5 Å². The second-order valence-corrected chi connectivity index (χ2v) is 7.32. The second kappa shape index (κ2) is 7.54. The van der Waals surface area contributed by atoms with Gasteiger partial charge in [0.25, 0.3) is 5.91 Å². The van der Waals surface area contributed by atoms with Crippen molar-refractivity contribution in [3.05, 3.63) is 53.1 Å². The number of hydrogen-bond acceptors (Lipinski definition) is 5. The van der Waals surface area contributed by atoms with E-state index in [-0.39, 0.29) is 5.13 Å². The Morgan fingerprint density at radius 3 is 2.64 bits per heavy atom. The number of anilines is 2. The Labute approximate surface area is 164 Å². The summed E-state index contributed by atoms with van der Waals surface area (Å²) in [5.74, 6) is -0.172. The molecule has 5 nitrogen and oxygen atoms in total. The number of nitrogens with zero attached hydrogens (tertiary/aromatic N) is 2. The van der Waals surface area contributed by atoms with Gasteiger partial charge in [-0.15, -0.1) is 6.42 Å². The van der Waals surface area contributed by atoms with E-state index < -0.39 is 23.1 Å². The zero-order valence-electron chi connectivity index (χ0n) is 14.8. The predicted octanol–water partition coefficient (Wildman–Crippen LogP) is 3.22. The van der Waals surface area contributed by atoms with Crippen molar-refractivity contribution >= 4 is 38.3 Å². The van der Waals surface area contributed by atoms with Gasteiger partial charge in [-0.05, 0) is 24.3 Å². The first-order valence-electron chi connectivity index (χ1n) is 8.69. The number of thiazole rings is 1. The van der Waals surface area contributed by atoms with Crippen LogP contribution in [0.4, 0.5) is 19.6 Å². The van der Waals surface area contributed by atoms with E-state index in [0.717, 1.165) is 17.8 Å². The summed E-state index contributed by atoms with van der Waals surface area (Å²) < 4.78 is 29.9. The number of para-hydroxylation sites is 1. The molecule has 0 spiro atoms. The fourth-order valence-corrected chi connectivity index (χ4v) is 4.05. The molecule has 1 saturated heterocycles. The largest absolute Gasteiger partial charge is 0.369 e. The van der Waals surface area contributed by atoms with Gasteiger partial charge in [-0.3, -0.25) is 10.1 Å². The lowest BCUT2D eigenvalue weighted by atomic mass is 10.1. The Morgan fingerprint density at radius 2 is 1.96 bits per heavy atom. The fraction of sp³-hybridized carbons (Fsp3) is 0.200. The summed E-state index contributed by atoms with van der Waals surface area (Å²) in [4.78, 5) is 18.6. The number of terminal acetylenes is 1. The highest BCUT2D eigenvalue weighted by Gasteiger charge is 2.22. The van der Waals surface area contributed by atoms with Crippen LogP contribution in [-0.2, 0) is 0 Å². The number of halogens is 2. The average molecular weight is 398 g/mol. The summed E-state index contributed by atoms with van der Waals surface area (Å²) in [5.41, 5.74) is 0.953. The number of benzene rings is 2. The molecule has 4 rings (SSSR count). The van der Waals surface area contributed by atoms with E-state index in [4.69, 9.17) is 6.42 Å². The smallest absolute Gasteiger partial charge is 0.263 e. The third-order valence-corrected chi connectivity index (χ3v) is 5.47. The molecule has 1 aliphatic rings. The van der Waals surface area contributed by atoms with Gasteiger partial charge in [-0.25, -0.2) is 13.8 Å². The van der Waals surface area contributed by atoms with Gasteiger partial charge in [0.2, 0.25) is 0 Å². The van der Waals surface area contributed by atoms with E-state index in [1.807, 2.05) is 11.0 Å². The minimum Gasteiger partial charge on any atom is -0.369 e. The van der Waals surface area contributed by atoms with Gasteiger partial charge in [0, 0.05) is 31.9 Å². The molecule has 3 aromatic rings. The lowest BCUT2D eigenvalue weighted by Gasteiger charge is -2.29. The zero-order chi connectivity index (χ0) is 19.7. The molecule has 1 fully saturated rings. The number of nitrogens with one attached hydrogen (secondary N) is 2. The van der Waals surface area contributed by atoms with Crippen LogP contribution in [0.3, 0.4) is 0 Å². The normalized spacial score (nSPS) is 14.1. The van der Waals surface area contributed by atoms with Gasteiger partial charge in [0.15, 0.2) is 5.13 Å². The first-order valence-corrected chi connectivity index (χ1v) is 9.50. The fourth-order valence-electron chi connectivity index (χ4n) is 3.16. The number of amides is 1. The number of rotatable bonds is 3. The zero-order valence-corrected chi connectivity index (χ0v) is 15.6. The highest BCUT2D eigenvalue weighted by Crippen LogP contribution is 2.29. The number of carbonyl (C=O) groups excluding carboxylic acids is 1. The highest BCUT2D eigenvalue weighted by atomic mass is 32.1. The van der Waals surface area contributed by atoms with Crippen LogP contribution in [-0.4, -0.2) is 37.1 Å². The molecule has 0 aliphatic carbocycles. The first-order chi connectivity index (χ1) is 13.6.